The Hall–Kier alpha value is -3.41. The standard InChI is InChI=1S/C24H27NO5/c1-15(2)17-10-9-16(3)21(13-17)30-22-12-11-20(29-22)24(26)25-14-18-7-6-8-19(27-4)23(18)28-5/h6-13,15H,14H2,1-5H3,(H,25,26). The summed E-state index contributed by atoms with van der Waals surface area (Å²) < 4.78 is 22.2. The molecule has 0 unspecified atom stereocenters. The van der Waals surface area contributed by atoms with Crippen LogP contribution in [-0.2, 0) is 6.54 Å². The maximum atomic E-state index is 12.5. The SMILES string of the molecule is COc1cccc(CNC(=O)c2ccc(Oc3cc(C(C)C)ccc3C)o2)c1OC. The van der Waals surface area contributed by atoms with Crippen molar-refractivity contribution in [1.82, 2.24) is 5.32 Å². The van der Waals surface area contributed by atoms with Crippen LogP contribution >= 0.6 is 0 Å². The molecule has 3 aromatic rings. The highest BCUT2D eigenvalue weighted by Gasteiger charge is 2.15. The molecule has 0 saturated heterocycles. The zero-order valence-electron chi connectivity index (χ0n) is 17.9. The topological polar surface area (TPSA) is 69.9 Å². The number of carbonyl (C=O) groups excluding carboxylic acids is 1. The van der Waals surface area contributed by atoms with Crippen LogP contribution in [0.25, 0.3) is 0 Å². The van der Waals surface area contributed by atoms with Crippen molar-refractivity contribution in [2.24, 2.45) is 0 Å². The fourth-order valence-corrected chi connectivity index (χ4v) is 3.05. The molecule has 0 fully saturated rings. The molecule has 2 aromatic carbocycles. The van der Waals surface area contributed by atoms with E-state index in [1.807, 2.05) is 31.2 Å². The van der Waals surface area contributed by atoms with E-state index >= 15 is 0 Å². The summed E-state index contributed by atoms with van der Waals surface area (Å²) in [6.45, 7) is 6.49. The van der Waals surface area contributed by atoms with Crippen molar-refractivity contribution >= 4 is 5.91 Å². The van der Waals surface area contributed by atoms with Gasteiger partial charge < -0.3 is 23.9 Å². The fourth-order valence-electron chi connectivity index (χ4n) is 3.05. The molecular weight excluding hydrogens is 382 g/mol. The molecular formula is C24H27NO5. The van der Waals surface area contributed by atoms with Gasteiger partial charge in [0.05, 0.1) is 14.2 Å². The minimum absolute atomic E-state index is 0.171. The molecule has 6 nitrogen and oxygen atoms in total. The Bertz CT molecular complexity index is 1020. The van der Waals surface area contributed by atoms with Crippen LogP contribution in [0.15, 0.2) is 52.9 Å². The lowest BCUT2D eigenvalue weighted by atomic mass is 10.0. The van der Waals surface area contributed by atoms with E-state index in [0.717, 1.165) is 11.1 Å². The number of benzene rings is 2. The van der Waals surface area contributed by atoms with Crippen molar-refractivity contribution in [2.75, 3.05) is 14.2 Å². The molecule has 0 aliphatic rings. The van der Waals surface area contributed by atoms with E-state index in [9.17, 15) is 4.79 Å². The number of furan rings is 1. The third-order valence-corrected chi connectivity index (χ3v) is 4.82. The van der Waals surface area contributed by atoms with Gasteiger partial charge in [0.15, 0.2) is 17.3 Å². The number of ether oxygens (including phenoxy) is 3. The van der Waals surface area contributed by atoms with E-state index in [1.54, 1.807) is 32.4 Å². The Balaban J connectivity index is 1.68. The summed E-state index contributed by atoms with van der Waals surface area (Å²) in [6, 6.07) is 14.8. The zero-order chi connectivity index (χ0) is 21.7. The number of nitrogens with one attached hydrogen (secondary N) is 1. The Morgan fingerprint density at radius 3 is 2.53 bits per heavy atom. The first kappa shape index (κ1) is 21.3. The summed E-state index contributed by atoms with van der Waals surface area (Å²) >= 11 is 0. The van der Waals surface area contributed by atoms with Gasteiger partial charge in [-0.3, -0.25) is 4.79 Å². The first-order valence-corrected chi connectivity index (χ1v) is 9.79. The molecule has 0 spiro atoms. The lowest BCUT2D eigenvalue weighted by Crippen LogP contribution is -2.22. The van der Waals surface area contributed by atoms with E-state index in [-0.39, 0.29) is 24.2 Å². The summed E-state index contributed by atoms with van der Waals surface area (Å²) in [5.41, 5.74) is 2.97. The third-order valence-electron chi connectivity index (χ3n) is 4.82. The van der Waals surface area contributed by atoms with Gasteiger partial charge in [0.1, 0.15) is 5.75 Å². The number of para-hydroxylation sites is 1. The minimum Gasteiger partial charge on any atom is -0.493 e. The Kier molecular flexibility index (Phi) is 6.67. The van der Waals surface area contributed by atoms with E-state index in [1.165, 1.54) is 5.56 Å². The highest BCUT2D eigenvalue weighted by atomic mass is 16.6. The second kappa shape index (κ2) is 9.39. The maximum Gasteiger partial charge on any atom is 0.290 e. The van der Waals surface area contributed by atoms with Gasteiger partial charge in [-0.1, -0.05) is 38.1 Å². The first-order chi connectivity index (χ1) is 14.4. The zero-order valence-corrected chi connectivity index (χ0v) is 17.9. The predicted octanol–water partition coefficient (Wildman–Crippen LogP) is 5.45. The fraction of sp³-hybridized carbons (Fsp3) is 0.292. The summed E-state index contributed by atoms with van der Waals surface area (Å²) in [6.07, 6.45) is 0. The maximum absolute atomic E-state index is 12.5. The lowest BCUT2D eigenvalue weighted by molar-refractivity contribution is 0.0918. The lowest BCUT2D eigenvalue weighted by Gasteiger charge is -2.12. The molecule has 0 aliphatic carbocycles. The molecule has 0 saturated carbocycles. The van der Waals surface area contributed by atoms with Gasteiger partial charge >= 0.3 is 0 Å². The number of methoxy groups -OCH3 is 2. The Morgan fingerprint density at radius 2 is 1.83 bits per heavy atom. The number of amides is 1. The van der Waals surface area contributed by atoms with E-state index < -0.39 is 0 Å². The van der Waals surface area contributed by atoms with Crippen LogP contribution in [0.2, 0.25) is 0 Å². The smallest absolute Gasteiger partial charge is 0.290 e. The highest BCUT2D eigenvalue weighted by molar-refractivity contribution is 5.91. The quantitative estimate of drug-likeness (QED) is 0.536. The van der Waals surface area contributed by atoms with Crippen LogP contribution in [0.1, 0.15) is 47.0 Å². The van der Waals surface area contributed by atoms with Gasteiger partial charge in [-0.25, -0.2) is 0 Å². The Morgan fingerprint density at radius 1 is 1.03 bits per heavy atom. The molecule has 30 heavy (non-hydrogen) atoms. The minimum atomic E-state index is -0.345. The molecule has 1 N–H and O–H groups in total. The molecule has 3 rings (SSSR count). The van der Waals surface area contributed by atoms with Gasteiger partial charge in [0.25, 0.3) is 11.9 Å². The molecule has 158 valence electrons. The molecule has 1 heterocycles. The average Bonchev–Trinajstić information content (AvgIpc) is 3.21. The van der Waals surface area contributed by atoms with Crippen LogP contribution in [0.3, 0.4) is 0 Å². The molecule has 0 aliphatic heterocycles. The number of rotatable bonds is 8. The number of hydrogen-bond acceptors (Lipinski definition) is 5. The molecule has 1 aromatic heterocycles. The van der Waals surface area contributed by atoms with Crippen molar-refractivity contribution in [3.63, 3.8) is 0 Å². The summed E-state index contributed by atoms with van der Waals surface area (Å²) in [5.74, 6) is 2.39. The summed E-state index contributed by atoms with van der Waals surface area (Å²) in [5, 5.41) is 2.83. The van der Waals surface area contributed by atoms with Crippen LogP contribution < -0.4 is 19.5 Å². The molecule has 0 atom stereocenters. The largest absolute Gasteiger partial charge is 0.493 e. The van der Waals surface area contributed by atoms with Crippen LogP contribution in [0.5, 0.6) is 23.2 Å². The van der Waals surface area contributed by atoms with Gasteiger partial charge in [-0.15, -0.1) is 0 Å². The summed E-state index contributed by atoms with van der Waals surface area (Å²) in [7, 11) is 3.14. The van der Waals surface area contributed by atoms with Crippen molar-refractivity contribution in [1.29, 1.82) is 0 Å². The van der Waals surface area contributed by atoms with Crippen LogP contribution in [0, 0.1) is 6.92 Å². The normalized spacial score (nSPS) is 10.7. The van der Waals surface area contributed by atoms with Crippen molar-refractivity contribution in [3.8, 4) is 23.2 Å². The molecule has 1 amide bonds. The number of aryl methyl sites for hydroxylation is 1. The van der Waals surface area contributed by atoms with Gasteiger partial charge in [0.2, 0.25) is 0 Å². The van der Waals surface area contributed by atoms with Gasteiger partial charge in [-0.2, -0.15) is 0 Å². The summed E-state index contributed by atoms with van der Waals surface area (Å²) in [4.78, 5) is 12.5. The predicted molar refractivity (Wildman–Crippen MR) is 115 cm³/mol. The first-order valence-electron chi connectivity index (χ1n) is 9.79. The Labute approximate surface area is 176 Å². The van der Waals surface area contributed by atoms with Crippen molar-refractivity contribution in [3.05, 3.63) is 71.0 Å². The van der Waals surface area contributed by atoms with Gasteiger partial charge in [0, 0.05) is 18.2 Å². The van der Waals surface area contributed by atoms with E-state index in [4.69, 9.17) is 18.6 Å². The number of carbonyl (C=O) groups is 1. The second-order valence-electron chi connectivity index (χ2n) is 7.24. The average molecular weight is 409 g/mol. The monoisotopic (exact) mass is 409 g/mol. The second-order valence-corrected chi connectivity index (χ2v) is 7.24. The molecule has 0 radical (unpaired) electrons. The van der Waals surface area contributed by atoms with Crippen molar-refractivity contribution in [2.45, 2.75) is 33.2 Å². The third kappa shape index (κ3) is 4.76. The highest BCUT2D eigenvalue weighted by Crippen LogP contribution is 2.31. The van der Waals surface area contributed by atoms with Crippen LogP contribution in [0.4, 0.5) is 0 Å². The van der Waals surface area contributed by atoms with Gasteiger partial charge in [-0.05, 0) is 42.2 Å². The molecule has 6 heteroatoms. The van der Waals surface area contributed by atoms with Crippen molar-refractivity contribution < 1.29 is 23.4 Å². The van der Waals surface area contributed by atoms with Crippen LogP contribution in [-0.4, -0.2) is 20.1 Å². The van der Waals surface area contributed by atoms with E-state index in [0.29, 0.717) is 23.2 Å². The molecule has 0 bridgehead atoms. The van der Waals surface area contributed by atoms with E-state index in [2.05, 4.69) is 25.2 Å². The number of hydrogen-bond donors (Lipinski definition) is 1.